The first-order chi connectivity index (χ1) is 23.6. The maximum Gasteiger partial charge on any atom is 0.313 e. The summed E-state index contributed by atoms with van der Waals surface area (Å²) in [5.74, 6) is 1.00. The molecule has 3 saturated carbocycles. The van der Waals surface area contributed by atoms with E-state index in [1.54, 1.807) is 6.20 Å². The Morgan fingerprint density at radius 2 is 1.70 bits per heavy atom. The first-order valence-electron chi connectivity index (χ1n) is 19.0. The van der Waals surface area contributed by atoms with Crippen LogP contribution in [-0.2, 0) is 28.0 Å². The number of nitrogens with one attached hydrogen (secondary N) is 1. The van der Waals surface area contributed by atoms with Gasteiger partial charge in [-0.05, 0) is 126 Å². The zero-order valence-electron chi connectivity index (χ0n) is 31.1. The Morgan fingerprint density at radius 3 is 2.42 bits per heavy atom. The number of nitrogens with two attached hydrogens (primary N) is 1. The van der Waals surface area contributed by atoms with Gasteiger partial charge in [-0.2, -0.15) is 9.49 Å². The van der Waals surface area contributed by atoms with Gasteiger partial charge in [0.05, 0.1) is 11.1 Å². The number of ether oxygens (including phenoxy) is 1. The second-order valence-electron chi connectivity index (χ2n) is 18.9. The zero-order chi connectivity index (χ0) is 35.5. The molecule has 50 heavy (non-hydrogen) atoms. The van der Waals surface area contributed by atoms with Crippen LogP contribution in [0.2, 0.25) is 0 Å². The number of aromatic nitrogens is 3. The van der Waals surface area contributed by atoms with Gasteiger partial charge in [0.25, 0.3) is 0 Å². The molecule has 7 atom stereocenters. The summed E-state index contributed by atoms with van der Waals surface area (Å²) in [5, 5.41) is 7.91. The Morgan fingerprint density at radius 1 is 0.960 bits per heavy atom. The van der Waals surface area contributed by atoms with Gasteiger partial charge in [-0.1, -0.05) is 84.4 Å². The van der Waals surface area contributed by atoms with Crippen LogP contribution in [-0.4, -0.2) is 21.2 Å². The third-order valence-corrected chi connectivity index (χ3v) is 15.6. The number of esters is 1. The van der Waals surface area contributed by atoms with Gasteiger partial charge < -0.3 is 10.5 Å². The number of anilines is 1. The van der Waals surface area contributed by atoms with Crippen molar-refractivity contribution < 1.29 is 13.9 Å². The molecule has 5 aliphatic rings. The first kappa shape index (κ1) is 33.7. The molecule has 1 aromatic carbocycles. The highest BCUT2D eigenvalue weighted by Gasteiger charge is 2.70. The Bertz CT molecular complexity index is 1860. The molecule has 266 valence electrons. The van der Waals surface area contributed by atoms with Crippen molar-refractivity contribution in [1.29, 1.82) is 0 Å². The number of pyridine rings is 1. The van der Waals surface area contributed by atoms with Crippen molar-refractivity contribution in [2.24, 2.45) is 44.8 Å². The number of nitrogen functional groups attached to an aromatic ring is 1. The van der Waals surface area contributed by atoms with Crippen LogP contribution in [0.1, 0.15) is 122 Å². The average Bonchev–Trinajstić information content (AvgIpc) is 3.44. The number of fused-ring (bicyclic) bond motifs is 8. The Labute approximate surface area is 297 Å². The van der Waals surface area contributed by atoms with E-state index in [0.29, 0.717) is 17.7 Å². The maximum atomic E-state index is 14.7. The second-order valence-corrected chi connectivity index (χ2v) is 18.9. The summed E-state index contributed by atoms with van der Waals surface area (Å²) in [6, 6.07) is 13.5. The predicted molar refractivity (Wildman–Crippen MR) is 195 cm³/mol. The van der Waals surface area contributed by atoms with Crippen molar-refractivity contribution >= 4 is 17.4 Å². The molecule has 7 heteroatoms. The smallest absolute Gasteiger partial charge is 0.313 e. The molecule has 2 heterocycles. The summed E-state index contributed by atoms with van der Waals surface area (Å²) in [5.41, 5.74) is 12.8. The maximum absolute atomic E-state index is 14.7. The van der Waals surface area contributed by atoms with Crippen LogP contribution >= 0.6 is 0 Å². The van der Waals surface area contributed by atoms with Crippen LogP contribution in [0.15, 0.2) is 54.2 Å². The summed E-state index contributed by atoms with van der Waals surface area (Å²) < 4.78 is 20.8. The molecule has 6 nitrogen and oxygen atoms in total. The minimum atomic E-state index is -0.588. The molecule has 3 unspecified atom stereocenters. The fourth-order valence-corrected chi connectivity index (χ4v) is 12.9. The summed E-state index contributed by atoms with van der Waals surface area (Å²) in [7, 11) is 0. The Kier molecular flexibility index (Phi) is 7.41. The number of aromatic amines is 1. The van der Waals surface area contributed by atoms with Gasteiger partial charge in [0.2, 0.25) is 5.95 Å². The molecule has 2 aromatic heterocycles. The standard InChI is InChI=1S/C43H55FN4O2/c1-38(2)17-19-43(37(49)50-25-26-11-9-8-10-12-26)20-18-42(7)34(30(43)23-38)28(27-13-14-33(44)46-24-27)21-32-40(5)22-29-35(47-48-36(29)45)39(3,4)31(40)15-16-41(32,42)6/h8-14,24,30-32H,15-23,25H2,1-7H3,(H3,45,47,48)/t30?,31?,32?,40-,41+,42+,43-/m0/s1. The van der Waals surface area contributed by atoms with E-state index in [4.69, 9.17) is 15.6 Å². The number of hydrogen-bond donors (Lipinski definition) is 2. The first-order valence-corrected chi connectivity index (χ1v) is 19.0. The number of allylic oxidation sites excluding steroid dienone is 2. The lowest BCUT2D eigenvalue weighted by Crippen LogP contribution is -2.65. The van der Waals surface area contributed by atoms with Crippen LogP contribution in [0.3, 0.4) is 0 Å². The van der Waals surface area contributed by atoms with Gasteiger partial charge in [-0.25, -0.2) is 4.98 Å². The highest BCUT2D eigenvalue weighted by atomic mass is 19.1. The molecule has 3 aromatic rings. The van der Waals surface area contributed by atoms with Crippen LogP contribution in [0.4, 0.5) is 10.2 Å². The number of halogens is 1. The van der Waals surface area contributed by atoms with Gasteiger partial charge in [-0.3, -0.25) is 9.89 Å². The molecule has 3 fully saturated rings. The van der Waals surface area contributed by atoms with E-state index >= 15 is 0 Å². The number of carbonyl (C=O) groups is 1. The van der Waals surface area contributed by atoms with Crippen LogP contribution < -0.4 is 5.73 Å². The molecule has 0 radical (unpaired) electrons. The summed E-state index contributed by atoms with van der Waals surface area (Å²) in [6.45, 7) is 17.4. The van der Waals surface area contributed by atoms with Gasteiger partial charge in [0, 0.05) is 17.2 Å². The van der Waals surface area contributed by atoms with Crippen LogP contribution in [0, 0.1) is 50.8 Å². The summed E-state index contributed by atoms with van der Waals surface area (Å²) >= 11 is 0. The third kappa shape index (κ3) is 4.59. The van der Waals surface area contributed by atoms with Crippen molar-refractivity contribution in [3.63, 3.8) is 0 Å². The largest absolute Gasteiger partial charge is 0.460 e. The second kappa shape index (κ2) is 11.0. The van der Waals surface area contributed by atoms with Crippen molar-refractivity contribution in [1.82, 2.24) is 15.2 Å². The molecule has 0 amide bonds. The van der Waals surface area contributed by atoms with Crippen LogP contribution in [0.5, 0.6) is 0 Å². The quantitative estimate of drug-likeness (QED) is 0.212. The van der Waals surface area contributed by atoms with Crippen molar-refractivity contribution in [3.05, 3.63) is 82.6 Å². The van der Waals surface area contributed by atoms with Gasteiger partial charge >= 0.3 is 5.97 Å². The fraction of sp³-hybridized carbons (Fsp3) is 0.605. The van der Waals surface area contributed by atoms with E-state index in [9.17, 15) is 9.18 Å². The number of nitrogens with zero attached hydrogens (tertiary/aromatic N) is 2. The van der Waals surface area contributed by atoms with E-state index in [1.807, 2.05) is 36.4 Å². The molecule has 0 spiro atoms. The molecular formula is C43H55FN4O2. The monoisotopic (exact) mass is 678 g/mol. The lowest BCUT2D eigenvalue weighted by molar-refractivity contribution is -0.181. The molecule has 0 aliphatic heterocycles. The van der Waals surface area contributed by atoms with E-state index < -0.39 is 11.4 Å². The van der Waals surface area contributed by atoms with E-state index in [-0.39, 0.29) is 45.6 Å². The summed E-state index contributed by atoms with van der Waals surface area (Å²) in [6.07, 6.45) is 10.2. The molecule has 3 N–H and O–H groups in total. The lowest BCUT2D eigenvalue weighted by Gasteiger charge is -2.71. The number of carbonyl (C=O) groups excluding carboxylic acids is 1. The van der Waals surface area contributed by atoms with Crippen molar-refractivity contribution in [2.75, 3.05) is 5.73 Å². The van der Waals surface area contributed by atoms with Gasteiger partial charge in [0.15, 0.2) is 0 Å². The van der Waals surface area contributed by atoms with Crippen molar-refractivity contribution in [2.45, 2.75) is 118 Å². The average molecular weight is 679 g/mol. The normalized spacial score (nSPS) is 36.7. The SMILES string of the molecule is CC1(C)CC[C@]2(C(=O)OCc3ccccc3)CC[C@]3(C)C(=C(c4ccc(F)nc4)CC4[C@@]5(C)Cc6c(n[nH]c6N)C(C)(C)C5CC[C@]43C)C2C1. The Balaban J connectivity index is 1.30. The minimum absolute atomic E-state index is 0.0156. The number of rotatable bonds is 4. The summed E-state index contributed by atoms with van der Waals surface area (Å²) in [4.78, 5) is 18.9. The number of benzene rings is 1. The number of hydrogen-bond acceptors (Lipinski definition) is 5. The third-order valence-electron chi connectivity index (χ3n) is 15.6. The molecule has 5 aliphatic carbocycles. The van der Waals surface area contributed by atoms with Gasteiger partial charge in [0.1, 0.15) is 12.4 Å². The zero-order valence-corrected chi connectivity index (χ0v) is 31.1. The minimum Gasteiger partial charge on any atom is -0.460 e. The van der Waals surface area contributed by atoms with Gasteiger partial charge in [-0.15, -0.1) is 0 Å². The van der Waals surface area contributed by atoms with Crippen molar-refractivity contribution in [3.8, 4) is 0 Å². The van der Waals surface area contributed by atoms with E-state index in [2.05, 4.69) is 58.5 Å². The molecule has 0 bridgehead atoms. The van der Waals surface area contributed by atoms with Crippen LogP contribution in [0.25, 0.3) is 5.57 Å². The molecule has 8 rings (SSSR count). The lowest BCUT2D eigenvalue weighted by atomic mass is 9.33. The fourth-order valence-electron chi connectivity index (χ4n) is 12.9. The van der Waals surface area contributed by atoms with E-state index in [0.717, 1.165) is 74.6 Å². The highest BCUT2D eigenvalue weighted by Crippen LogP contribution is 2.77. The predicted octanol–water partition coefficient (Wildman–Crippen LogP) is 9.61. The topological polar surface area (TPSA) is 93.9 Å². The highest BCUT2D eigenvalue weighted by molar-refractivity contribution is 5.81. The van der Waals surface area contributed by atoms with E-state index in [1.165, 1.54) is 22.8 Å². The Hall–Kier alpha value is -3.48. The molecule has 0 saturated heterocycles. The number of H-pyrrole nitrogens is 1. The molecular weight excluding hydrogens is 623 g/mol.